The minimum Gasteiger partial charge on any atom is -0.490 e. The van der Waals surface area contributed by atoms with Gasteiger partial charge in [0.25, 0.3) is 0 Å². The van der Waals surface area contributed by atoms with E-state index in [1.807, 2.05) is 6.92 Å². The number of hydrogen-bond donors (Lipinski definition) is 0. The van der Waals surface area contributed by atoms with Crippen LogP contribution in [0.1, 0.15) is 149 Å². The van der Waals surface area contributed by atoms with Gasteiger partial charge >= 0.3 is 18.1 Å². The third kappa shape index (κ3) is 15.4. The van der Waals surface area contributed by atoms with Crippen molar-refractivity contribution in [2.75, 3.05) is 6.61 Å². The SMILES string of the molecule is CCCCCCCCCCCCCCOc1cnc(-c2ccc(C(=O)Oc3ccc(C(=O)O[C@H](CCCCCC)C(F)(F)F)c(C)c3)cc2)nc1. The van der Waals surface area contributed by atoms with Crippen molar-refractivity contribution in [2.24, 2.45) is 0 Å². The predicted octanol–water partition coefficient (Wildman–Crippen LogP) is 11.8. The van der Waals surface area contributed by atoms with Crippen LogP contribution in [0.2, 0.25) is 0 Å². The normalized spacial score (nSPS) is 12.0. The van der Waals surface area contributed by atoms with Crippen molar-refractivity contribution in [1.82, 2.24) is 9.97 Å². The van der Waals surface area contributed by atoms with Gasteiger partial charge in [0.2, 0.25) is 0 Å². The molecule has 0 N–H and O–H groups in total. The Hall–Kier alpha value is -3.95. The predicted molar refractivity (Wildman–Crippen MR) is 194 cm³/mol. The lowest BCUT2D eigenvalue weighted by atomic mass is 10.1. The van der Waals surface area contributed by atoms with Gasteiger partial charge in [-0.2, -0.15) is 13.2 Å². The highest BCUT2D eigenvalue weighted by Crippen LogP contribution is 2.29. The molecule has 1 atom stereocenters. The van der Waals surface area contributed by atoms with Gasteiger partial charge in [0.15, 0.2) is 17.7 Å². The van der Waals surface area contributed by atoms with E-state index in [1.165, 1.54) is 82.4 Å². The van der Waals surface area contributed by atoms with Crippen LogP contribution < -0.4 is 9.47 Å². The Kier molecular flexibility index (Phi) is 18.5. The minimum absolute atomic E-state index is 0.0253. The Morgan fingerprint density at radius 2 is 1.24 bits per heavy atom. The van der Waals surface area contributed by atoms with Gasteiger partial charge < -0.3 is 14.2 Å². The van der Waals surface area contributed by atoms with E-state index in [2.05, 4.69) is 16.9 Å². The Labute approximate surface area is 301 Å². The zero-order chi connectivity index (χ0) is 36.9. The Balaban J connectivity index is 1.41. The van der Waals surface area contributed by atoms with E-state index in [-0.39, 0.29) is 23.3 Å². The maximum Gasteiger partial charge on any atom is 0.425 e. The lowest BCUT2D eigenvalue weighted by Gasteiger charge is -2.21. The fourth-order valence-electron chi connectivity index (χ4n) is 5.76. The van der Waals surface area contributed by atoms with E-state index in [9.17, 15) is 22.8 Å². The molecule has 3 rings (SSSR count). The summed E-state index contributed by atoms with van der Waals surface area (Å²) in [5, 5.41) is 0. The first-order valence-electron chi connectivity index (χ1n) is 18.8. The van der Waals surface area contributed by atoms with Crippen LogP contribution in [-0.2, 0) is 4.74 Å². The molecule has 10 heteroatoms. The third-order valence-corrected chi connectivity index (χ3v) is 8.84. The van der Waals surface area contributed by atoms with Crippen LogP contribution in [0.5, 0.6) is 11.5 Å². The maximum atomic E-state index is 13.5. The molecule has 0 unspecified atom stereocenters. The Morgan fingerprint density at radius 3 is 1.78 bits per heavy atom. The summed E-state index contributed by atoms with van der Waals surface area (Å²) in [6, 6.07) is 10.7. The standard InChI is InChI=1S/C41H55F3N2O5/c1-4-6-8-10-11-12-13-14-15-16-17-19-27-49-35-29-45-38(46-30-35)32-21-23-33(24-22-32)39(47)50-34-25-26-36(31(3)28-34)40(48)51-37(41(42,43)44)20-18-9-7-5-2/h21-26,28-30,37H,4-20,27H2,1-3H3/t37-/m1/s1. The largest absolute Gasteiger partial charge is 0.490 e. The number of hydrogen-bond acceptors (Lipinski definition) is 7. The molecule has 7 nitrogen and oxygen atoms in total. The van der Waals surface area contributed by atoms with Crippen molar-refractivity contribution in [3.63, 3.8) is 0 Å². The second kappa shape index (κ2) is 22.8. The average Bonchev–Trinajstić information content (AvgIpc) is 3.11. The molecule has 0 aliphatic heterocycles. The van der Waals surface area contributed by atoms with Gasteiger partial charge in [0.05, 0.1) is 30.1 Å². The molecule has 2 aromatic carbocycles. The monoisotopic (exact) mass is 712 g/mol. The molecule has 0 radical (unpaired) electrons. The quantitative estimate of drug-likeness (QED) is 0.0519. The van der Waals surface area contributed by atoms with Crippen molar-refractivity contribution in [3.8, 4) is 22.9 Å². The van der Waals surface area contributed by atoms with Gasteiger partial charge in [-0.25, -0.2) is 19.6 Å². The highest BCUT2D eigenvalue weighted by molar-refractivity contribution is 5.93. The summed E-state index contributed by atoms with van der Waals surface area (Å²) in [6.45, 7) is 6.39. The molecule has 0 saturated heterocycles. The zero-order valence-corrected chi connectivity index (χ0v) is 30.6. The topological polar surface area (TPSA) is 87.6 Å². The molecule has 280 valence electrons. The number of benzene rings is 2. The number of alkyl halides is 3. The van der Waals surface area contributed by atoms with Gasteiger partial charge in [-0.05, 0) is 62.1 Å². The number of rotatable bonds is 24. The summed E-state index contributed by atoms with van der Waals surface area (Å²) >= 11 is 0. The number of carbonyl (C=O) groups is 2. The van der Waals surface area contributed by atoms with Crippen LogP contribution in [0.25, 0.3) is 11.4 Å². The smallest absolute Gasteiger partial charge is 0.425 e. The molecule has 0 fully saturated rings. The lowest BCUT2D eigenvalue weighted by Crippen LogP contribution is -2.34. The second-order valence-corrected chi connectivity index (χ2v) is 13.2. The molecule has 1 heterocycles. The van der Waals surface area contributed by atoms with E-state index >= 15 is 0 Å². The van der Waals surface area contributed by atoms with E-state index in [0.717, 1.165) is 25.7 Å². The van der Waals surface area contributed by atoms with Crippen LogP contribution in [0, 0.1) is 6.92 Å². The van der Waals surface area contributed by atoms with Crippen molar-refractivity contribution in [2.45, 2.75) is 142 Å². The van der Waals surface area contributed by atoms with Crippen molar-refractivity contribution in [3.05, 3.63) is 71.5 Å². The van der Waals surface area contributed by atoms with E-state index in [4.69, 9.17) is 14.2 Å². The van der Waals surface area contributed by atoms with Crippen molar-refractivity contribution in [1.29, 1.82) is 0 Å². The molecule has 0 saturated carbocycles. The molecule has 0 bridgehead atoms. The molecular formula is C41H55F3N2O5. The average molecular weight is 713 g/mol. The molecule has 0 amide bonds. The summed E-state index contributed by atoms with van der Waals surface area (Å²) in [5.41, 5.74) is 1.28. The zero-order valence-electron chi connectivity index (χ0n) is 30.6. The number of esters is 2. The van der Waals surface area contributed by atoms with Gasteiger partial charge in [0, 0.05) is 5.56 Å². The van der Waals surface area contributed by atoms with E-state index in [1.54, 1.807) is 43.6 Å². The Bertz CT molecular complexity index is 1450. The molecule has 1 aromatic heterocycles. The number of aryl methyl sites for hydroxylation is 1. The van der Waals surface area contributed by atoms with Gasteiger partial charge in [-0.1, -0.05) is 116 Å². The first-order chi connectivity index (χ1) is 24.6. The minimum atomic E-state index is -4.66. The Morgan fingerprint density at radius 1 is 0.686 bits per heavy atom. The summed E-state index contributed by atoms with van der Waals surface area (Å²) in [7, 11) is 0. The number of halogens is 3. The molecular weight excluding hydrogens is 657 g/mol. The number of aromatic nitrogens is 2. The first-order valence-corrected chi connectivity index (χ1v) is 18.8. The lowest BCUT2D eigenvalue weighted by molar-refractivity contribution is -0.206. The molecule has 51 heavy (non-hydrogen) atoms. The number of nitrogens with zero attached hydrogens (tertiary/aromatic N) is 2. The van der Waals surface area contributed by atoms with Crippen LogP contribution in [0.3, 0.4) is 0 Å². The fourth-order valence-corrected chi connectivity index (χ4v) is 5.76. The number of carbonyl (C=O) groups excluding carboxylic acids is 2. The second-order valence-electron chi connectivity index (χ2n) is 13.2. The highest BCUT2D eigenvalue weighted by atomic mass is 19.4. The third-order valence-electron chi connectivity index (χ3n) is 8.84. The molecule has 0 aliphatic rings. The van der Waals surface area contributed by atoms with Crippen molar-refractivity contribution < 1.29 is 37.0 Å². The van der Waals surface area contributed by atoms with Crippen LogP contribution >= 0.6 is 0 Å². The summed E-state index contributed by atoms with van der Waals surface area (Å²) in [4.78, 5) is 34.3. The van der Waals surface area contributed by atoms with Gasteiger partial charge in [-0.3, -0.25) is 0 Å². The summed E-state index contributed by atoms with van der Waals surface area (Å²) < 4.78 is 56.6. The van der Waals surface area contributed by atoms with Gasteiger partial charge in [0.1, 0.15) is 5.75 Å². The summed E-state index contributed by atoms with van der Waals surface area (Å²) in [5.74, 6) is -0.464. The number of unbranched alkanes of at least 4 members (excludes halogenated alkanes) is 14. The molecule has 0 aliphatic carbocycles. The maximum absolute atomic E-state index is 13.5. The highest BCUT2D eigenvalue weighted by Gasteiger charge is 2.42. The fraction of sp³-hybridized carbons (Fsp3) is 0.561. The van der Waals surface area contributed by atoms with Crippen molar-refractivity contribution >= 4 is 11.9 Å². The number of ether oxygens (including phenoxy) is 3. The first kappa shape index (κ1) is 41.5. The van der Waals surface area contributed by atoms with Crippen LogP contribution in [0.15, 0.2) is 54.9 Å². The van der Waals surface area contributed by atoms with E-state index < -0.39 is 24.2 Å². The summed E-state index contributed by atoms with van der Waals surface area (Å²) in [6.07, 6.45) is 14.3. The van der Waals surface area contributed by atoms with Crippen LogP contribution in [0.4, 0.5) is 13.2 Å². The van der Waals surface area contributed by atoms with E-state index in [0.29, 0.717) is 42.1 Å². The molecule has 3 aromatic rings. The van der Waals surface area contributed by atoms with Gasteiger partial charge in [-0.15, -0.1) is 0 Å². The van der Waals surface area contributed by atoms with Crippen LogP contribution in [-0.4, -0.2) is 40.8 Å². The molecule has 0 spiro atoms.